The van der Waals surface area contributed by atoms with Crippen molar-refractivity contribution in [3.8, 4) is 0 Å². The summed E-state index contributed by atoms with van der Waals surface area (Å²) < 4.78 is 9.74. The van der Waals surface area contributed by atoms with Crippen molar-refractivity contribution in [2.24, 2.45) is 0 Å². The molecule has 2 heterocycles. The lowest BCUT2D eigenvalue weighted by Gasteiger charge is -1.85. The summed E-state index contributed by atoms with van der Waals surface area (Å²) in [5.74, 6) is 0. The molecule has 0 spiro atoms. The lowest BCUT2D eigenvalue weighted by atomic mass is 10.2. The van der Waals surface area contributed by atoms with Crippen LogP contribution in [0.3, 0.4) is 0 Å². The van der Waals surface area contributed by atoms with Crippen LogP contribution in [0.5, 0.6) is 0 Å². The van der Waals surface area contributed by atoms with Crippen molar-refractivity contribution in [3.63, 3.8) is 0 Å². The molecule has 0 saturated heterocycles. The van der Waals surface area contributed by atoms with Crippen molar-refractivity contribution in [1.29, 1.82) is 0 Å². The summed E-state index contributed by atoms with van der Waals surface area (Å²) in [7, 11) is 0. The van der Waals surface area contributed by atoms with Crippen LogP contribution in [0, 0.1) is 0 Å². The molecule has 4 aromatic rings. The largest absolute Gasteiger partial charge is 0.456 e. The first kappa shape index (κ1) is 10.5. The molecule has 4 rings (SSSR count). The highest BCUT2D eigenvalue weighted by Gasteiger charge is 2.03. The fourth-order valence-electron chi connectivity index (χ4n) is 1.81. The quantitative estimate of drug-likeness (QED) is 0.469. The van der Waals surface area contributed by atoms with E-state index in [1.165, 1.54) is 23.2 Å². The Morgan fingerprint density at radius 2 is 1.17 bits per heavy atom. The Balaban J connectivity index is 0.000000169. The van der Waals surface area contributed by atoms with Gasteiger partial charge in [-0.2, -0.15) is 0 Å². The van der Waals surface area contributed by atoms with Crippen molar-refractivity contribution < 1.29 is 9.05 Å². The molecule has 0 unspecified atom stereocenters. The van der Waals surface area contributed by atoms with Gasteiger partial charge in [0, 0.05) is 10.8 Å². The average molecular weight is 238 g/mol. The Hall–Kier alpha value is -2.62. The van der Waals surface area contributed by atoms with Crippen molar-refractivity contribution >= 4 is 21.9 Å². The molecule has 0 saturated carbocycles. The zero-order valence-electron chi connectivity index (χ0n) is 9.48. The van der Waals surface area contributed by atoms with Crippen LogP contribution in [-0.2, 0) is 0 Å². The van der Waals surface area contributed by atoms with E-state index >= 15 is 0 Å². The zero-order chi connectivity index (χ0) is 12.2. The van der Waals surface area contributed by atoms with E-state index < -0.39 is 0 Å². The Kier molecular flexibility index (Phi) is 2.75. The molecule has 0 amide bonds. The first-order valence-electron chi connectivity index (χ1n) is 5.53. The molecule has 0 bridgehead atoms. The number of nitrogens with zero attached hydrogens (tertiary/aromatic N) is 2. The van der Waals surface area contributed by atoms with Gasteiger partial charge in [0.2, 0.25) is 0 Å². The number of rotatable bonds is 0. The minimum atomic E-state index is 0.962. The van der Waals surface area contributed by atoms with Gasteiger partial charge in [-0.05, 0) is 12.1 Å². The maximum Gasteiger partial charge on any atom is 0.135 e. The monoisotopic (exact) mass is 238 g/mol. The first-order valence-corrected chi connectivity index (χ1v) is 5.53. The maximum absolute atomic E-state index is 5.65. The summed E-state index contributed by atoms with van der Waals surface area (Å²) in [5, 5.41) is 8.86. The van der Waals surface area contributed by atoms with Crippen molar-refractivity contribution in [2.75, 3.05) is 0 Å². The third-order valence-electron chi connectivity index (χ3n) is 2.57. The number of hydrogen-bond acceptors (Lipinski definition) is 4. The van der Waals surface area contributed by atoms with Gasteiger partial charge in [0.05, 0.1) is 12.4 Å². The van der Waals surface area contributed by atoms with Crippen LogP contribution in [0.4, 0.5) is 0 Å². The van der Waals surface area contributed by atoms with E-state index in [4.69, 9.17) is 4.42 Å². The third kappa shape index (κ3) is 1.96. The Bertz CT molecular complexity index is 677. The SMILES string of the molecule is c1ccc2c(c1)oc1ccccc12.c1cnon1. The summed E-state index contributed by atoms with van der Waals surface area (Å²) in [4.78, 5) is 0. The van der Waals surface area contributed by atoms with Crippen LogP contribution < -0.4 is 0 Å². The maximum atomic E-state index is 5.65. The normalized spacial score (nSPS) is 10.2. The van der Waals surface area contributed by atoms with Crippen LogP contribution in [0.25, 0.3) is 21.9 Å². The Morgan fingerprint density at radius 1 is 0.667 bits per heavy atom. The number of benzene rings is 2. The molecule has 0 aliphatic carbocycles. The standard InChI is InChI=1S/C12H8O.C2H2N2O/c1-3-7-11-9(5-1)10-6-2-4-8-12(10)13-11;1-2-4-5-3-1/h1-8H;1-2H. The van der Waals surface area contributed by atoms with Gasteiger partial charge >= 0.3 is 0 Å². The Labute approximate surface area is 103 Å². The summed E-state index contributed by atoms with van der Waals surface area (Å²) in [6.07, 6.45) is 2.94. The smallest absolute Gasteiger partial charge is 0.135 e. The van der Waals surface area contributed by atoms with Crippen LogP contribution in [0.15, 0.2) is 70.0 Å². The lowest BCUT2D eigenvalue weighted by molar-refractivity contribution is 0.307. The van der Waals surface area contributed by atoms with Crippen LogP contribution in [0.1, 0.15) is 0 Å². The molecule has 18 heavy (non-hydrogen) atoms. The van der Waals surface area contributed by atoms with Gasteiger partial charge in [-0.3, -0.25) is 0 Å². The zero-order valence-corrected chi connectivity index (χ0v) is 9.48. The minimum Gasteiger partial charge on any atom is -0.456 e. The second-order valence-electron chi connectivity index (χ2n) is 3.68. The van der Waals surface area contributed by atoms with Gasteiger partial charge in [-0.15, -0.1) is 0 Å². The van der Waals surface area contributed by atoms with Crippen LogP contribution >= 0.6 is 0 Å². The predicted molar refractivity (Wildman–Crippen MR) is 68.0 cm³/mol. The molecule has 0 aliphatic heterocycles. The first-order chi connectivity index (χ1) is 8.95. The molecule has 0 N–H and O–H groups in total. The van der Waals surface area contributed by atoms with Gasteiger partial charge in [0.15, 0.2) is 0 Å². The van der Waals surface area contributed by atoms with E-state index in [2.05, 4.69) is 27.1 Å². The minimum absolute atomic E-state index is 0.962. The van der Waals surface area contributed by atoms with Gasteiger partial charge in [0.1, 0.15) is 11.2 Å². The average Bonchev–Trinajstić information content (AvgIpc) is 3.10. The molecule has 2 aromatic carbocycles. The highest BCUT2D eigenvalue weighted by Crippen LogP contribution is 2.27. The van der Waals surface area contributed by atoms with Crippen molar-refractivity contribution in [1.82, 2.24) is 10.3 Å². The summed E-state index contributed by atoms with van der Waals surface area (Å²) in [6, 6.07) is 16.2. The Morgan fingerprint density at radius 3 is 1.61 bits per heavy atom. The van der Waals surface area contributed by atoms with E-state index in [-0.39, 0.29) is 0 Å². The van der Waals surface area contributed by atoms with E-state index in [1.807, 2.05) is 36.4 Å². The fraction of sp³-hybridized carbons (Fsp3) is 0. The summed E-state index contributed by atoms with van der Waals surface area (Å²) in [6.45, 7) is 0. The highest BCUT2D eigenvalue weighted by atomic mass is 16.6. The van der Waals surface area contributed by atoms with E-state index in [9.17, 15) is 0 Å². The molecule has 0 aliphatic rings. The number of fused-ring (bicyclic) bond motifs is 3. The molecule has 4 heteroatoms. The summed E-state index contributed by atoms with van der Waals surface area (Å²) in [5.41, 5.74) is 1.92. The molecule has 2 aromatic heterocycles. The van der Waals surface area contributed by atoms with E-state index in [0.29, 0.717) is 0 Å². The molecule has 0 fully saturated rings. The van der Waals surface area contributed by atoms with Gasteiger partial charge in [-0.1, -0.05) is 46.7 Å². The summed E-state index contributed by atoms with van der Waals surface area (Å²) >= 11 is 0. The second kappa shape index (κ2) is 4.71. The number of para-hydroxylation sites is 2. The second-order valence-corrected chi connectivity index (χ2v) is 3.68. The van der Waals surface area contributed by atoms with Crippen LogP contribution in [0.2, 0.25) is 0 Å². The molecule has 0 radical (unpaired) electrons. The number of furan rings is 1. The van der Waals surface area contributed by atoms with Crippen molar-refractivity contribution in [2.45, 2.75) is 0 Å². The molecular weight excluding hydrogens is 228 g/mol. The molecular formula is C14H10N2O2. The number of aromatic nitrogens is 2. The van der Waals surface area contributed by atoms with E-state index in [0.717, 1.165) is 11.2 Å². The van der Waals surface area contributed by atoms with Gasteiger partial charge in [0.25, 0.3) is 0 Å². The predicted octanol–water partition coefficient (Wildman–Crippen LogP) is 3.66. The molecule has 88 valence electrons. The van der Waals surface area contributed by atoms with Crippen LogP contribution in [-0.4, -0.2) is 10.3 Å². The van der Waals surface area contributed by atoms with Crippen molar-refractivity contribution in [3.05, 3.63) is 60.9 Å². The molecule has 0 atom stereocenters. The lowest BCUT2D eigenvalue weighted by Crippen LogP contribution is -1.62. The third-order valence-corrected chi connectivity index (χ3v) is 2.57. The number of hydrogen-bond donors (Lipinski definition) is 0. The molecule has 4 nitrogen and oxygen atoms in total. The fourth-order valence-corrected chi connectivity index (χ4v) is 1.81. The van der Waals surface area contributed by atoms with Gasteiger partial charge in [-0.25, -0.2) is 4.63 Å². The van der Waals surface area contributed by atoms with E-state index in [1.54, 1.807) is 0 Å². The highest BCUT2D eigenvalue weighted by molar-refractivity contribution is 6.04. The topological polar surface area (TPSA) is 52.1 Å². The van der Waals surface area contributed by atoms with Gasteiger partial charge < -0.3 is 4.42 Å².